The van der Waals surface area contributed by atoms with Gasteiger partial charge in [0.15, 0.2) is 5.03 Å². The SMILES string of the molecule is C=CCN(CCO)S(=O)(=O)c1cnc(C)[nH]1. The number of aliphatic hydroxyl groups excluding tert-OH is 1. The molecule has 0 amide bonds. The minimum absolute atomic E-state index is 0.0281. The van der Waals surface area contributed by atoms with Crippen LogP contribution in [0.5, 0.6) is 0 Å². The van der Waals surface area contributed by atoms with Gasteiger partial charge in [-0.3, -0.25) is 0 Å². The molecule has 0 saturated heterocycles. The first-order valence-corrected chi connectivity index (χ1v) is 6.20. The molecule has 2 N–H and O–H groups in total. The van der Waals surface area contributed by atoms with Crippen LogP contribution in [0.4, 0.5) is 0 Å². The number of hydrogen-bond acceptors (Lipinski definition) is 4. The highest BCUT2D eigenvalue weighted by Crippen LogP contribution is 2.12. The summed E-state index contributed by atoms with van der Waals surface area (Å²) in [5, 5.41) is 8.84. The summed E-state index contributed by atoms with van der Waals surface area (Å²) in [6.45, 7) is 5.10. The van der Waals surface area contributed by atoms with Crippen LogP contribution in [0.15, 0.2) is 23.9 Å². The van der Waals surface area contributed by atoms with Crippen LogP contribution in [0.25, 0.3) is 0 Å². The number of aromatic nitrogens is 2. The van der Waals surface area contributed by atoms with Crippen LogP contribution in [-0.4, -0.2) is 47.5 Å². The Morgan fingerprint density at radius 2 is 2.38 bits per heavy atom. The molecular formula is C9H15N3O3S. The molecule has 1 rings (SSSR count). The second-order valence-corrected chi connectivity index (χ2v) is 5.11. The predicted octanol–water partition coefficient (Wildman–Crippen LogP) is -0.113. The van der Waals surface area contributed by atoms with Crippen LogP contribution >= 0.6 is 0 Å². The monoisotopic (exact) mass is 245 g/mol. The summed E-state index contributed by atoms with van der Waals surface area (Å²) in [4.78, 5) is 6.49. The molecule has 0 bridgehead atoms. The number of sulfonamides is 1. The van der Waals surface area contributed by atoms with E-state index in [4.69, 9.17) is 5.11 Å². The van der Waals surface area contributed by atoms with E-state index in [0.717, 1.165) is 4.31 Å². The molecule has 0 spiro atoms. The average Bonchev–Trinajstić information content (AvgIpc) is 2.65. The first-order chi connectivity index (χ1) is 7.52. The Labute approximate surface area is 94.7 Å². The van der Waals surface area contributed by atoms with E-state index in [2.05, 4.69) is 16.5 Å². The third-order valence-electron chi connectivity index (χ3n) is 1.98. The van der Waals surface area contributed by atoms with E-state index < -0.39 is 10.0 Å². The number of nitrogens with one attached hydrogen (secondary N) is 1. The molecule has 16 heavy (non-hydrogen) atoms. The van der Waals surface area contributed by atoms with Crippen LogP contribution in [0.2, 0.25) is 0 Å². The number of aromatic amines is 1. The molecule has 1 aromatic heterocycles. The quantitative estimate of drug-likeness (QED) is 0.684. The lowest BCUT2D eigenvalue weighted by atomic mass is 10.6. The van der Waals surface area contributed by atoms with Crippen molar-refractivity contribution in [3.63, 3.8) is 0 Å². The first kappa shape index (κ1) is 12.9. The number of H-pyrrole nitrogens is 1. The van der Waals surface area contributed by atoms with Gasteiger partial charge in [-0.05, 0) is 6.92 Å². The fraction of sp³-hybridized carbons (Fsp3) is 0.444. The first-order valence-electron chi connectivity index (χ1n) is 4.76. The molecule has 0 aromatic carbocycles. The van der Waals surface area contributed by atoms with Crippen LogP contribution in [0, 0.1) is 6.92 Å². The van der Waals surface area contributed by atoms with Crippen molar-refractivity contribution in [1.29, 1.82) is 0 Å². The second kappa shape index (κ2) is 5.24. The van der Waals surface area contributed by atoms with Gasteiger partial charge >= 0.3 is 0 Å². The highest BCUT2D eigenvalue weighted by Gasteiger charge is 2.24. The van der Waals surface area contributed by atoms with Gasteiger partial charge < -0.3 is 10.1 Å². The predicted molar refractivity (Wildman–Crippen MR) is 59.4 cm³/mol. The summed E-state index contributed by atoms with van der Waals surface area (Å²) in [5.74, 6) is 0.529. The molecule has 0 fully saturated rings. The fourth-order valence-electron chi connectivity index (χ4n) is 1.23. The molecule has 1 aromatic rings. The van der Waals surface area contributed by atoms with Crippen LogP contribution in [-0.2, 0) is 10.0 Å². The van der Waals surface area contributed by atoms with Gasteiger partial charge in [0.25, 0.3) is 10.0 Å². The van der Waals surface area contributed by atoms with Gasteiger partial charge in [-0.15, -0.1) is 6.58 Å². The molecule has 90 valence electrons. The summed E-state index contributed by atoms with van der Waals surface area (Å²) in [7, 11) is -3.62. The van der Waals surface area contributed by atoms with Gasteiger partial charge in [0.1, 0.15) is 5.82 Å². The number of aliphatic hydroxyl groups is 1. The van der Waals surface area contributed by atoms with E-state index in [-0.39, 0.29) is 24.7 Å². The van der Waals surface area contributed by atoms with Crippen molar-refractivity contribution in [1.82, 2.24) is 14.3 Å². The summed E-state index contributed by atoms with van der Waals surface area (Å²) in [6, 6.07) is 0. The topological polar surface area (TPSA) is 86.3 Å². The standard InChI is InChI=1S/C9H15N3O3S/c1-3-4-12(5-6-13)16(14,15)9-7-10-8(2)11-9/h3,7,13H,1,4-6H2,2H3,(H,10,11). The van der Waals surface area contributed by atoms with Crippen molar-refractivity contribution in [2.45, 2.75) is 11.9 Å². The van der Waals surface area contributed by atoms with Gasteiger partial charge in [0.2, 0.25) is 0 Å². The lowest BCUT2D eigenvalue weighted by Crippen LogP contribution is -2.33. The van der Waals surface area contributed by atoms with Gasteiger partial charge in [-0.2, -0.15) is 4.31 Å². The van der Waals surface area contributed by atoms with Crippen molar-refractivity contribution in [3.8, 4) is 0 Å². The second-order valence-electron chi connectivity index (χ2n) is 3.21. The van der Waals surface area contributed by atoms with Gasteiger partial charge in [0, 0.05) is 13.1 Å². The normalized spacial score (nSPS) is 11.9. The van der Waals surface area contributed by atoms with E-state index in [1.54, 1.807) is 6.92 Å². The summed E-state index contributed by atoms with van der Waals surface area (Å²) < 4.78 is 25.2. The maximum atomic E-state index is 12.0. The van der Waals surface area contributed by atoms with Gasteiger partial charge in [-0.1, -0.05) is 6.08 Å². The molecule has 0 radical (unpaired) electrons. The molecule has 0 aliphatic heterocycles. The smallest absolute Gasteiger partial charge is 0.260 e. The van der Waals surface area contributed by atoms with Crippen molar-refractivity contribution in [3.05, 3.63) is 24.7 Å². The Kier molecular flexibility index (Phi) is 4.22. The maximum Gasteiger partial charge on any atom is 0.260 e. The highest BCUT2D eigenvalue weighted by atomic mass is 32.2. The average molecular weight is 245 g/mol. The third kappa shape index (κ3) is 2.69. The molecular weight excluding hydrogens is 230 g/mol. The molecule has 0 aliphatic rings. The maximum absolute atomic E-state index is 12.0. The molecule has 0 aliphatic carbocycles. The Hall–Kier alpha value is -1.18. The van der Waals surface area contributed by atoms with E-state index in [1.807, 2.05) is 0 Å². The third-order valence-corrected chi connectivity index (χ3v) is 3.75. The Bertz CT molecular complexity index is 452. The van der Waals surface area contributed by atoms with E-state index in [1.165, 1.54) is 12.3 Å². The highest BCUT2D eigenvalue weighted by molar-refractivity contribution is 7.89. The molecule has 7 heteroatoms. The zero-order valence-electron chi connectivity index (χ0n) is 9.05. The lowest BCUT2D eigenvalue weighted by Gasteiger charge is -2.18. The van der Waals surface area contributed by atoms with Gasteiger partial charge in [0.05, 0.1) is 12.8 Å². The number of imidazole rings is 1. The summed E-state index contributed by atoms with van der Waals surface area (Å²) >= 11 is 0. The van der Waals surface area contributed by atoms with Crippen molar-refractivity contribution in [2.24, 2.45) is 0 Å². The Morgan fingerprint density at radius 3 is 2.81 bits per heavy atom. The lowest BCUT2D eigenvalue weighted by molar-refractivity contribution is 0.260. The summed E-state index contributed by atoms with van der Waals surface area (Å²) in [6.07, 6.45) is 2.73. The summed E-state index contributed by atoms with van der Waals surface area (Å²) in [5.41, 5.74) is 0. The molecule has 0 saturated carbocycles. The van der Waals surface area contributed by atoms with Crippen LogP contribution in [0.1, 0.15) is 5.82 Å². The van der Waals surface area contributed by atoms with Crippen LogP contribution in [0.3, 0.4) is 0 Å². The zero-order valence-corrected chi connectivity index (χ0v) is 9.87. The zero-order chi connectivity index (χ0) is 12.2. The number of rotatable bonds is 6. The minimum Gasteiger partial charge on any atom is -0.395 e. The molecule has 6 nitrogen and oxygen atoms in total. The van der Waals surface area contributed by atoms with Crippen LogP contribution < -0.4 is 0 Å². The molecule has 0 atom stereocenters. The molecule has 1 heterocycles. The van der Waals surface area contributed by atoms with Crippen molar-refractivity contribution >= 4 is 10.0 Å². The largest absolute Gasteiger partial charge is 0.395 e. The fourth-order valence-corrected chi connectivity index (χ4v) is 2.60. The van der Waals surface area contributed by atoms with E-state index in [0.29, 0.717) is 5.82 Å². The van der Waals surface area contributed by atoms with E-state index >= 15 is 0 Å². The Balaban J connectivity index is 3.02. The molecule has 0 unspecified atom stereocenters. The number of nitrogens with zero attached hydrogens (tertiary/aromatic N) is 2. The number of hydrogen-bond donors (Lipinski definition) is 2. The van der Waals surface area contributed by atoms with Crippen molar-refractivity contribution < 1.29 is 13.5 Å². The van der Waals surface area contributed by atoms with Crippen molar-refractivity contribution in [2.75, 3.05) is 19.7 Å². The minimum atomic E-state index is -3.62. The van der Waals surface area contributed by atoms with E-state index in [9.17, 15) is 8.42 Å². The van der Waals surface area contributed by atoms with Gasteiger partial charge in [-0.25, -0.2) is 13.4 Å². The Morgan fingerprint density at radius 1 is 1.69 bits per heavy atom. The number of aryl methyl sites for hydroxylation is 1.